The average Bonchev–Trinajstić information content (AvgIpc) is 2.39. The van der Waals surface area contributed by atoms with Crippen LogP contribution in [0.2, 0.25) is 0 Å². The monoisotopic (exact) mass is 240 g/mol. The Kier molecular flexibility index (Phi) is 4.40. The van der Waals surface area contributed by atoms with E-state index in [2.05, 4.69) is 31.2 Å². The molecule has 1 heteroatoms. The van der Waals surface area contributed by atoms with Gasteiger partial charge in [-0.3, -0.25) is 0 Å². The molecule has 0 saturated heterocycles. The van der Waals surface area contributed by atoms with Crippen molar-refractivity contribution in [1.29, 1.82) is 0 Å². The van der Waals surface area contributed by atoms with Crippen molar-refractivity contribution in [2.75, 3.05) is 0 Å². The van der Waals surface area contributed by atoms with E-state index in [0.29, 0.717) is 5.75 Å². The topological polar surface area (TPSA) is 20.2 Å². The second-order valence-corrected chi connectivity index (χ2v) is 4.74. The first-order valence-electron chi connectivity index (χ1n) is 6.63. The maximum absolute atomic E-state index is 9.24. The zero-order valence-electron chi connectivity index (χ0n) is 10.9. The van der Waals surface area contributed by atoms with Gasteiger partial charge in [0.15, 0.2) is 0 Å². The van der Waals surface area contributed by atoms with Gasteiger partial charge in [0.05, 0.1) is 0 Å². The Morgan fingerprint density at radius 3 is 2.06 bits per heavy atom. The minimum atomic E-state index is 0.337. The first-order chi connectivity index (χ1) is 8.78. The summed E-state index contributed by atoms with van der Waals surface area (Å²) in [5.74, 6) is 0.337. The molecule has 1 nitrogen and oxygen atoms in total. The van der Waals surface area contributed by atoms with Crippen molar-refractivity contribution < 1.29 is 5.11 Å². The fraction of sp³-hybridized carbons (Fsp3) is 0.294. The van der Waals surface area contributed by atoms with E-state index in [1.165, 1.54) is 23.1 Å². The highest BCUT2D eigenvalue weighted by atomic mass is 16.3. The third kappa shape index (κ3) is 3.63. The zero-order valence-corrected chi connectivity index (χ0v) is 10.9. The number of phenolic OH excluding ortho intramolecular Hbond substituents is 1. The van der Waals surface area contributed by atoms with Crippen LogP contribution in [0.5, 0.6) is 5.75 Å². The first-order valence-corrected chi connectivity index (χ1v) is 6.63. The number of hydrogen-bond donors (Lipinski definition) is 1. The molecule has 0 radical (unpaired) electrons. The molecule has 0 aliphatic heterocycles. The van der Waals surface area contributed by atoms with E-state index < -0.39 is 0 Å². The predicted octanol–water partition coefficient (Wildman–Crippen LogP) is 4.13. The van der Waals surface area contributed by atoms with E-state index in [-0.39, 0.29) is 0 Å². The predicted molar refractivity (Wildman–Crippen MR) is 76.0 cm³/mol. The minimum Gasteiger partial charge on any atom is -0.508 e. The number of rotatable bonds is 5. The van der Waals surface area contributed by atoms with Crippen LogP contribution >= 0.6 is 0 Å². The molecule has 0 aliphatic rings. The molecule has 2 rings (SSSR count). The number of phenols is 1. The Balaban J connectivity index is 1.97. The first kappa shape index (κ1) is 12.7. The minimum absolute atomic E-state index is 0.337. The van der Waals surface area contributed by atoms with Crippen LogP contribution in [0, 0.1) is 0 Å². The van der Waals surface area contributed by atoms with Gasteiger partial charge < -0.3 is 5.11 Å². The van der Waals surface area contributed by atoms with Crippen molar-refractivity contribution in [2.24, 2.45) is 0 Å². The fourth-order valence-corrected chi connectivity index (χ4v) is 2.18. The summed E-state index contributed by atoms with van der Waals surface area (Å²) < 4.78 is 0. The third-order valence-electron chi connectivity index (χ3n) is 3.17. The summed E-state index contributed by atoms with van der Waals surface area (Å²) in [6.45, 7) is 2.21. The van der Waals surface area contributed by atoms with Gasteiger partial charge in [-0.25, -0.2) is 0 Å². The van der Waals surface area contributed by atoms with Gasteiger partial charge in [0.25, 0.3) is 0 Å². The number of benzene rings is 2. The van der Waals surface area contributed by atoms with E-state index in [1.54, 1.807) is 12.1 Å². The normalized spacial score (nSPS) is 10.5. The van der Waals surface area contributed by atoms with Gasteiger partial charge >= 0.3 is 0 Å². The highest BCUT2D eigenvalue weighted by Crippen LogP contribution is 2.13. The molecule has 0 aliphatic carbocycles. The highest BCUT2D eigenvalue weighted by Gasteiger charge is 1.98. The van der Waals surface area contributed by atoms with Crippen LogP contribution in [0.4, 0.5) is 0 Å². The van der Waals surface area contributed by atoms with Gasteiger partial charge in [-0.15, -0.1) is 0 Å². The lowest BCUT2D eigenvalue weighted by molar-refractivity contribution is 0.475. The summed E-state index contributed by atoms with van der Waals surface area (Å²) >= 11 is 0. The van der Waals surface area contributed by atoms with E-state index in [4.69, 9.17) is 0 Å². The van der Waals surface area contributed by atoms with Crippen LogP contribution in [0.1, 0.15) is 30.0 Å². The molecule has 18 heavy (non-hydrogen) atoms. The Morgan fingerprint density at radius 1 is 0.778 bits per heavy atom. The molecule has 0 bridgehead atoms. The highest BCUT2D eigenvalue weighted by molar-refractivity contribution is 5.28. The molecule has 0 heterocycles. The summed E-state index contributed by atoms with van der Waals surface area (Å²) in [5, 5.41) is 9.24. The van der Waals surface area contributed by atoms with Gasteiger partial charge in [-0.2, -0.15) is 0 Å². The quantitative estimate of drug-likeness (QED) is 0.833. The zero-order chi connectivity index (χ0) is 12.8. The van der Waals surface area contributed by atoms with E-state index in [0.717, 1.165) is 19.3 Å². The molecule has 0 fully saturated rings. The molecule has 0 atom stereocenters. The molecule has 1 N–H and O–H groups in total. The summed E-state index contributed by atoms with van der Waals surface area (Å²) in [6.07, 6.45) is 4.44. The van der Waals surface area contributed by atoms with Crippen molar-refractivity contribution in [1.82, 2.24) is 0 Å². The average molecular weight is 240 g/mol. The summed E-state index contributed by atoms with van der Waals surface area (Å²) in [7, 11) is 0. The molecular weight excluding hydrogens is 220 g/mol. The lowest BCUT2D eigenvalue weighted by atomic mass is 10.0. The molecule has 0 amide bonds. The van der Waals surface area contributed by atoms with Crippen LogP contribution in [0.25, 0.3) is 0 Å². The molecular formula is C17H20O. The van der Waals surface area contributed by atoms with Crippen LogP contribution < -0.4 is 0 Å². The molecule has 0 unspecified atom stereocenters. The molecule has 2 aromatic carbocycles. The molecule has 0 saturated carbocycles. The number of aryl methyl sites for hydroxylation is 3. The van der Waals surface area contributed by atoms with Crippen molar-refractivity contribution in [3.05, 3.63) is 65.2 Å². The van der Waals surface area contributed by atoms with E-state index in [1.807, 2.05) is 12.1 Å². The van der Waals surface area contributed by atoms with Crippen molar-refractivity contribution in [2.45, 2.75) is 32.6 Å². The lowest BCUT2D eigenvalue weighted by Gasteiger charge is -2.05. The van der Waals surface area contributed by atoms with Crippen molar-refractivity contribution in [3.63, 3.8) is 0 Å². The van der Waals surface area contributed by atoms with Crippen LogP contribution in [0.15, 0.2) is 48.5 Å². The van der Waals surface area contributed by atoms with Gasteiger partial charge in [0.1, 0.15) is 5.75 Å². The maximum atomic E-state index is 9.24. The standard InChI is InChI=1S/C17H20O/c1-2-4-15-5-3-6-16(13-15)8-7-14-9-11-17(18)12-10-14/h3,5-6,9-13,18H,2,4,7-8H2,1H3. The van der Waals surface area contributed by atoms with Gasteiger partial charge in [0, 0.05) is 0 Å². The molecule has 2 aromatic rings. The summed E-state index contributed by atoms with van der Waals surface area (Å²) in [6, 6.07) is 16.3. The van der Waals surface area contributed by atoms with Crippen LogP contribution in [-0.4, -0.2) is 5.11 Å². The molecule has 0 spiro atoms. The van der Waals surface area contributed by atoms with Crippen LogP contribution in [0.3, 0.4) is 0 Å². The smallest absolute Gasteiger partial charge is 0.115 e. The number of hydrogen-bond acceptors (Lipinski definition) is 1. The van der Waals surface area contributed by atoms with E-state index >= 15 is 0 Å². The molecule has 94 valence electrons. The Hall–Kier alpha value is -1.76. The SMILES string of the molecule is CCCc1cccc(CCc2ccc(O)cc2)c1. The van der Waals surface area contributed by atoms with Crippen molar-refractivity contribution >= 4 is 0 Å². The Bertz CT molecular complexity index is 485. The van der Waals surface area contributed by atoms with Gasteiger partial charge in [-0.1, -0.05) is 49.7 Å². The Morgan fingerprint density at radius 2 is 1.39 bits per heavy atom. The van der Waals surface area contributed by atoms with Gasteiger partial charge in [-0.05, 0) is 48.1 Å². The summed E-state index contributed by atoms with van der Waals surface area (Å²) in [5.41, 5.74) is 4.10. The third-order valence-corrected chi connectivity index (χ3v) is 3.17. The van der Waals surface area contributed by atoms with Crippen LogP contribution in [-0.2, 0) is 19.3 Å². The second kappa shape index (κ2) is 6.25. The fourth-order valence-electron chi connectivity index (χ4n) is 2.18. The van der Waals surface area contributed by atoms with Gasteiger partial charge in [0.2, 0.25) is 0 Å². The molecule has 0 aromatic heterocycles. The maximum Gasteiger partial charge on any atom is 0.115 e. The largest absolute Gasteiger partial charge is 0.508 e. The summed E-state index contributed by atoms with van der Waals surface area (Å²) in [4.78, 5) is 0. The Labute approximate surface area is 109 Å². The number of aromatic hydroxyl groups is 1. The van der Waals surface area contributed by atoms with Crippen molar-refractivity contribution in [3.8, 4) is 5.75 Å². The van der Waals surface area contributed by atoms with E-state index in [9.17, 15) is 5.11 Å². The lowest BCUT2D eigenvalue weighted by Crippen LogP contribution is -1.93. The second-order valence-electron chi connectivity index (χ2n) is 4.74.